The van der Waals surface area contributed by atoms with E-state index in [0.717, 1.165) is 18.4 Å². The first-order chi connectivity index (χ1) is 12.5. The zero-order chi connectivity index (χ0) is 20.0. The Morgan fingerprint density at radius 2 is 1.93 bits per heavy atom. The predicted octanol–water partition coefficient (Wildman–Crippen LogP) is 4.83. The number of fused-ring (bicyclic) bond motifs is 1. The molecule has 2 atom stereocenters. The summed E-state index contributed by atoms with van der Waals surface area (Å²) in [6.07, 6.45) is 1.44. The monoisotopic (exact) mass is 413 g/mol. The van der Waals surface area contributed by atoms with Gasteiger partial charge < -0.3 is 14.4 Å². The smallest absolute Gasteiger partial charge is 0.410 e. The summed E-state index contributed by atoms with van der Waals surface area (Å²) >= 11 is 12.3. The number of carbonyl (C=O) groups excluding carboxylic acids is 2. The van der Waals surface area contributed by atoms with Gasteiger partial charge in [0.15, 0.2) is 0 Å². The fourth-order valence-corrected chi connectivity index (χ4v) is 4.63. The Balaban J connectivity index is 1.88. The Morgan fingerprint density at radius 1 is 1.22 bits per heavy atom. The Morgan fingerprint density at radius 3 is 2.52 bits per heavy atom. The van der Waals surface area contributed by atoms with Gasteiger partial charge >= 0.3 is 12.1 Å². The minimum absolute atomic E-state index is 0.200. The number of methoxy groups -OCH3 is 1. The van der Waals surface area contributed by atoms with Crippen molar-refractivity contribution in [1.29, 1.82) is 0 Å². The Bertz CT molecular complexity index is 776. The van der Waals surface area contributed by atoms with E-state index in [-0.39, 0.29) is 29.3 Å². The number of likely N-dealkylation sites (tertiary alicyclic amines) is 1. The third-order valence-corrected chi connectivity index (χ3v) is 6.41. The number of rotatable bonds is 3. The van der Waals surface area contributed by atoms with Crippen LogP contribution in [0.3, 0.4) is 0 Å². The Labute approximate surface area is 169 Å². The molecule has 7 heteroatoms. The normalized spacial score (nSPS) is 27.0. The molecule has 1 saturated heterocycles. The maximum atomic E-state index is 12.6. The van der Waals surface area contributed by atoms with Crippen molar-refractivity contribution in [2.75, 3.05) is 20.2 Å². The molecule has 1 aliphatic carbocycles. The number of esters is 1. The van der Waals surface area contributed by atoms with E-state index in [1.54, 1.807) is 11.0 Å². The second kappa shape index (κ2) is 6.85. The summed E-state index contributed by atoms with van der Waals surface area (Å²) in [6.45, 7) is 6.55. The summed E-state index contributed by atoms with van der Waals surface area (Å²) in [4.78, 5) is 26.4. The van der Waals surface area contributed by atoms with Gasteiger partial charge in [0.2, 0.25) is 0 Å². The van der Waals surface area contributed by atoms with Crippen LogP contribution in [0, 0.1) is 5.41 Å². The maximum absolute atomic E-state index is 12.6. The van der Waals surface area contributed by atoms with Gasteiger partial charge in [-0.1, -0.05) is 29.3 Å². The van der Waals surface area contributed by atoms with Crippen molar-refractivity contribution in [2.24, 2.45) is 5.41 Å². The SMILES string of the molecule is COC(=O)C[C@]12CN(C(=O)OC(C)(C)C)CC[C@@]1(c1ccc(Cl)c(Cl)c1)C2. The highest BCUT2D eigenvalue weighted by Crippen LogP contribution is 2.70. The third-order valence-electron chi connectivity index (χ3n) is 5.67. The van der Waals surface area contributed by atoms with Crippen LogP contribution in [-0.2, 0) is 19.7 Å². The summed E-state index contributed by atoms with van der Waals surface area (Å²) < 4.78 is 10.5. The van der Waals surface area contributed by atoms with E-state index in [4.69, 9.17) is 32.7 Å². The fourth-order valence-electron chi connectivity index (χ4n) is 4.33. The predicted molar refractivity (Wildman–Crippen MR) is 104 cm³/mol. The second-order valence-corrected chi connectivity index (χ2v) is 9.39. The van der Waals surface area contributed by atoms with Gasteiger partial charge in [-0.3, -0.25) is 4.79 Å². The zero-order valence-corrected chi connectivity index (χ0v) is 17.6. The second-order valence-electron chi connectivity index (χ2n) is 8.57. The molecule has 1 heterocycles. The van der Waals surface area contributed by atoms with Crippen LogP contribution in [-0.4, -0.2) is 42.8 Å². The van der Waals surface area contributed by atoms with Gasteiger partial charge in [0.25, 0.3) is 0 Å². The molecule has 148 valence electrons. The highest BCUT2D eigenvalue weighted by Gasteiger charge is 2.70. The van der Waals surface area contributed by atoms with E-state index in [2.05, 4.69) is 0 Å². The minimum Gasteiger partial charge on any atom is -0.469 e. The molecular weight excluding hydrogens is 389 g/mol. The molecule has 5 nitrogen and oxygen atoms in total. The van der Waals surface area contributed by atoms with E-state index in [1.165, 1.54) is 7.11 Å². The number of nitrogens with zero attached hydrogens (tertiary/aromatic N) is 1. The first-order valence-electron chi connectivity index (χ1n) is 9.02. The van der Waals surface area contributed by atoms with Crippen molar-refractivity contribution >= 4 is 35.3 Å². The number of carbonyl (C=O) groups is 2. The summed E-state index contributed by atoms with van der Waals surface area (Å²) in [5, 5.41) is 0.999. The Hall–Kier alpha value is -1.46. The zero-order valence-electron chi connectivity index (χ0n) is 16.1. The van der Waals surface area contributed by atoms with Crippen LogP contribution in [0.2, 0.25) is 10.0 Å². The van der Waals surface area contributed by atoms with Gasteiger partial charge in [-0.2, -0.15) is 0 Å². The molecule has 3 rings (SSSR count). The van der Waals surface area contributed by atoms with Crippen molar-refractivity contribution < 1.29 is 19.1 Å². The summed E-state index contributed by atoms with van der Waals surface area (Å²) in [6, 6.07) is 5.64. The van der Waals surface area contributed by atoms with E-state index < -0.39 is 5.60 Å². The van der Waals surface area contributed by atoms with E-state index >= 15 is 0 Å². The molecular formula is C20H25Cl2NO4. The number of hydrogen-bond acceptors (Lipinski definition) is 4. The van der Waals surface area contributed by atoms with Gasteiger partial charge in [-0.25, -0.2) is 4.79 Å². The van der Waals surface area contributed by atoms with Crippen LogP contribution in [0.15, 0.2) is 18.2 Å². The molecule has 0 spiro atoms. The van der Waals surface area contributed by atoms with E-state index in [1.807, 2.05) is 32.9 Å². The number of ether oxygens (including phenoxy) is 2. The lowest BCUT2D eigenvalue weighted by Crippen LogP contribution is -2.47. The van der Waals surface area contributed by atoms with Crippen molar-refractivity contribution in [3.8, 4) is 0 Å². The van der Waals surface area contributed by atoms with Crippen LogP contribution in [0.4, 0.5) is 4.79 Å². The first kappa shape index (κ1) is 20.3. The summed E-state index contributed by atoms with van der Waals surface area (Å²) in [7, 11) is 1.39. The molecule has 1 saturated carbocycles. The van der Waals surface area contributed by atoms with Crippen LogP contribution >= 0.6 is 23.2 Å². The maximum Gasteiger partial charge on any atom is 0.410 e. The van der Waals surface area contributed by atoms with Crippen LogP contribution in [0.25, 0.3) is 0 Å². The molecule has 1 aromatic rings. The largest absolute Gasteiger partial charge is 0.469 e. The standard InChI is InChI=1S/C20H25Cl2NO4/c1-18(2,3)27-17(25)23-8-7-20(13-5-6-14(21)15(22)9-13)11-19(20,12-23)10-16(24)26-4/h5-6,9H,7-8,10-12H2,1-4H3/t19-,20-/m0/s1. The average molecular weight is 414 g/mol. The van der Waals surface area contributed by atoms with Crippen molar-refractivity contribution in [3.63, 3.8) is 0 Å². The number of halogens is 2. The average Bonchev–Trinajstić information content (AvgIpc) is 3.24. The molecule has 2 aliphatic rings. The van der Waals surface area contributed by atoms with Gasteiger partial charge in [-0.15, -0.1) is 0 Å². The molecule has 0 unspecified atom stereocenters. The van der Waals surface area contributed by atoms with Crippen molar-refractivity contribution in [3.05, 3.63) is 33.8 Å². The quantitative estimate of drug-likeness (QED) is 0.666. The Kier molecular flexibility index (Phi) is 5.15. The van der Waals surface area contributed by atoms with Crippen LogP contribution in [0.1, 0.15) is 45.6 Å². The molecule has 27 heavy (non-hydrogen) atoms. The van der Waals surface area contributed by atoms with Crippen LogP contribution < -0.4 is 0 Å². The highest BCUT2D eigenvalue weighted by molar-refractivity contribution is 6.42. The van der Waals surface area contributed by atoms with Gasteiger partial charge in [0, 0.05) is 23.9 Å². The molecule has 1 aliphatic heterocycles. The topological polar surface area (TPSA) is 55.8 Å². The summed E-state index contributed by atoms with van der Waals surface area (Å²) in [5.41, 5.74) is -0.0704. The fraction of sp³-hybridized carbons (Fsp3) is 0.600. The minimum atomic E-state index is -0.561. The van der Waals surface area contributed by atoms with Gasteiger partial charge in [0.1, 0.15) is 5.60 Å². The summed E-state index contributed by atoms with van der Waals surface area (Å²) in [5.74, 6) is -0.275. The molecule has 1 amide bonds. The molecule has 0 aromatic heterocycles. The number of hydrogen-bond donors (Lipinski definition) is 0. The first-order valence-corrected chi connectivity index (χ1v) is 9.78. The third kappa shape index (κ3) is 3.77. The van der Waals surface area contributed by atoms with E-state index in [0.29, 0.717) is 23.1 Å². The highest BCUT2D eigenvalue weighted by atomic mass is 35.5. The lowest BCUT2D eigenvalue weighted by Gasteiger charge is -2.38. The van der Waals surface area contributed by atoms with Gasteiger partial charge in [-0.05, 0) is 51.3 Å². The molecule has 0 N–H and O–H groups in total. The number of benzene rings is 1. The van der Waals surface area contributed by atoms with Crippen LogP contribution in [0.5, 0.6) is 0 Å². The lowest BCUT2D eigenvalue weighted by molar-refractivity contribution is -0.142. The van der Waals surface area contributed by atoms with Crippen molar-refractivity contribution in [1.82, 2.24) is 4.90 Å². The molecule has 1 aromatic carbocycles. The molecule has 0 radical (unpaired) electrons. The van der Waals surface area contributed by atoms with Gasteiger partial charge in [0.05, 0.1) is 23.6 Å². The molecule has 0 bridgehead atoms. The molecule has 2 fully saturated rings. The van der Waals surface area contributed by atoms with E-state index in [9.17, 15) is 9.59 Å². The number of amides is 1. The number of piperidine rings is 1. The lowest BCUT2D eigenvalue weighted by atomic mass is 9.78. The van der Waals surface area contributed by atoms with Crippen molar-refractivity contribution in [2.45, 2.75) is 51.0 Å².